The average Bonchev–Trinajstić information content (AvgIpc) is 2.86. The number of sulfone groups is 1. The van der Waals surface area contributed by atoms with Crippen molar-refractivity contribution in [3.63, 3.8) is 0 Å². The Morgan fingerprint density at radius 3 is 2.54 bits per heavy atom. The van der Waals surface area contributed by atoms with Gasteiger partial charge in [0.2, 0.25) is 0 Å². The molecule has 2 aromatic rings. The number of carbonyl (C=O) groups excluding carboxylic acids is 1. The van der Waals surface area contributed by atoms with E-state index in [0.717, 1.165) is 5.56 Å². The SMILES string of the molecule is COc1ccc2c(c1)C(=O)N1c3ccccc3S(=O)(=O)C(C)(C)C21. The molecule has 24 heavy (non-hydrogen) atoms. The van der Waals surface area contributed by atoms with Gasteiger partial charge in [0.15, 0.2) is 9.84 Å². The number of fused-ring (bicyclic) bond motifs is 5. The highest BCUT2D eigenvalue weighted by Gasteiger charge is 2.57. The van der Waals surface area contributed by atoms with Crippen LogP contribution >= 0.6 is 0 Å². The predicted molar refractivity (Wildman–Crippen MR) is 90.3 cm³/mol. The molecule has 1 amide bonds. The van der Waals surface area contributed by atoms with E-state index in [2.05, 4.69) is 0 Å². The van der Waals surface area contributed by atoms with Crippen LogP contribution in [0.15, 0.2) is 47.4 Å². The lowest BCUT2D eigenvalue weighted by Crippen LogP contribution is -2.50. The van der Waals surface area contributed by atoms with E-state index in [1.54, 1.807) is 61.2 Å². The largest absolute Gasteiger partial charge is 0.497 e. The molecule has 1 atom stereocenters. The molecule has 0 fully saturated rings. The van der Waals surface area contributed by atoms with E-state index in [1.807, 2.05) is 0 Å². The molecular formula is C18H17NO4S. The Balaban J connectivity index is 2.06. The number of para-hydroxylation sites is 1. The minimum absolute atomic E-state index is 0.190. The molecule has 1 unspecified atom stereocenters. The van der Waals surface area contributed by atoms with Crippen molar-refractivity contribution in [2.45, 2.75) is 29.5 Å². The molecule has 2 aromatic carbocycles. The first-order valence-corrected chi connectivity index (χ1v) is 9.14. The Morgan fingerprint density at radius 1 is 1.12 bits per heavy atom. The van der Waals surface area contributed by atoms with Crippen molar-refractivity contribution < 1.29 is 17.9 Å². The summed E-state index contributed by atoms with van der Waals surface area (Å²) in [5, 5.41) is 0. The number of hydrogen-bond donors (Lipinski definition) is 0. The lowest BCUT2D eigenvalue weighted by Gasteiger charge is -2.43. The third kappa shape index (κ3) is 1.64. The third-order valence-corrected chi connectivity index (χ3v) is 7.56. The van der Waals surface area contributed by atoms with Crippen LogP contribution in [0.5, 0.6) is 5.75 Å². The number of amides is 1. The molecule has 0 aliphatic carbocycles. The van der Waals surface area contributed by atoms with E-state index in [4.69, 9.17) is 4.74 Å². The summed E-state index contributed by atoms with van der Waals surface area (Å²) >= 11 is 0. The Labute approximate surface area is 140 Å². The Hall–Kier alpha value is -2.34. The first kappa shape index (κ1) is 15.2. The summed E-state index contributed by atoms with van der Waals surface area (Å²) in [5.74, 6) is 0.389. The summed E-state index contributed by atoms with van der Waals surface area (Å²) in [4.78, 5) is 14.9. The molecule has 2 aliphatic heterocycles. The number of anilines is 1. The fourth-order valence-electron chi connectivity index (χ4n) is 3.72. The number of ether oxygens (including phenoxy) is 1. The molecule has 2 aliphatic rings. The summed E-state index contributed by atoms with van der Waals surface area (Å²) < 4.78 is 30.4. The van der Waals surface area contributed by atoms with Gasteiger partial charge < -0.3 is 4.74 Å². The number of benzene rings is 2. The summed E-state index contributed by atoms with van der Waals surface area (Å²) in [6.45, 7) is 3.37. The van der Waals surface area contributed by atoms with Crippen LogP contribution in [-0.4, -0.2) is 26.2 Å². The smallest absolute Gasteiger partial charge is 0.259 e. The second-order valence-corrected chi connectivity index (χ2v) is 9.10. The third-order valence-electron chi connectivity index (χ3n) is 5.03. The Kier molecular flexibility index (Phi) is 2.91. The van der Waals surface area contributed by atoms with Crippen molar-refractivity contribution in [1.82, 2.24) is 0 Å². The first-order valence-electron chi connectivity index (χ1n) is 7.66. The quantitative estimate of drug-likeness (QED) is 0.798. The fraction of sp³-hybridized carbons (Fsp3) is 0.278. The van der Waals surface area contributed by atoms with Crippen molar-refractivity contribution in [1.29, 1.82) is 0 Å². The van der Waals surface area contributed by atoms with Crippen LogP contribution in [0, 0.1) is 0 Å². The van der Waals surface area contributed by atoms with Crippen molar-refractivity contribution in [2.24, 2.45) is 0 Å². The van der Waals surface area contributed by atoms with Gasteiger partial charge >= 0.3 is 0 Å². The number of nitrogens with zero attached hydrogens (tertiary/aromatic N) is 1. The highest BCUT2D eigenvalue weighted by atomic mass is 32.2. The highest BCUT2D eigenvalue weighted by molar-refractivity contribution is 7.93. The topological polar surface area (TPSA) is 63.7 Å². The summed E-state index contributed by atoms with van der Waals surface area (Å²) in [6.07, 6.45) is 0. The molecule has 0 radical (unpaired) electrons. The monoisotopic (exact) mass is 343 g/mol. The van der Waals surface area contributed by atoms with Crippen LogP contribution in [0.2, 0.25) is 0 Å². The number of hydrogen-bond acceptors (Lipinski definition) is 4. The summed E-state index contributed by atoms with van der Waals surface area (Å²) in [6, 6.07) is 11.4. The fourth-order valence-corrected chi connectivity index (χ4v) is 5.51. The van der Waals surface area contributed by atoms with E-state index in [-0.39, 0.29) is 10.8 Å². The van der Waals surface area contributed by atoms with Crippen LogP contribution in [0.1, 0.15) is 35.8 Å². The molecule has 6 heteroatoms. The molecule has 0 saturated carbocycles. The maximum Gasteiger partial charge on any atom is 0.259 e. The number of carbonyl (C=O) groups is 1. The van der Waals surface area contributed by atoms with Crippen LogP contribution in [0.4, 0.5) is 5.69 Å². The molecule has 0 N–H and O–H groups in total. The lowest BCUT2D eigenvalue weighted by molar-refractivity contribution is 0.0986. The van der Waals surface area contributed by atoms with E-state index in [1.165, 1.54) is 7.11 Å². The van der Waals surface area contributed by atoms with Gasteiger partial charge in [-0.15, -0.1) is 0 Å². The van der Waals surface area contributed by atoms with Crippen LogP contribution < -0.4 is 9.64 Å². The zero-order valence-corrected chi connectivity index (χ0v) is 14.4. The van der Waals surface area contributed by atoms with Crippen molar-refractivity contribution in [2.75, 3.05) is 12.0 Å². The molecule has 0 bridgehead atoms. The predicted octanol–water partition coefficient (Wildman–Crippen LogP) is 2.96. The minimum Gasteiger partial charge on any atom is -0.497 e. The summed E-state index contributed by atoms with van der Waals surface area (Å²) in [7, 11) is -2.04. The van der Waals surface area contributed by atoms with Gasteiger partial charge in [0.1, 0.15) is 5.75 Å². The van der Waals surface area contributed by atoms with Crippen molar-refractivity contribution in [3.05, 3.63) is 53.6 Å². The average molecular weight is 343 g/mol. The molecule has 124 valence electrons. The number of methoxy groups -OCH3 is 1. The normalized spacial score (nSPS) is 22.5. The maximum atomic E-state index is 13.1. The van der Waals surface area contributed by atoms with Gasteiger partial charge in [-0.25, -0.2) is 8.42 Å². The standard InChI is InChI=1S/C18H17NO4S/c1-18(2)16-12-9-8-11(23-3)10-13(12)17(20)19(16)14-6-4-5-7-15(14)24(18,21)22/h4-10,16H,1-3H3. The van der Waals surface area contributed by atoms with E-state index < -0.39 is 20.6 Å². The molecule has 0 spiro atoms. The molecular weight excluding hydrogens is 326 g/mol. The lowest BCUT2D eigenvalue weighted by atomic mass is 9.94. The van der Waals surface area contributed by atoms with Crippen LogP contribution in [0.3, 0.4) is 0 Å². The highest BCUT2D eigenvalue weighted by Crippen LogP contribution is 2.54. The van der Waals surface area contributed by atoms with Gasteiger partial charge in [0, 0.05) is 5.56 Å². The molecule has 2 heterocycles. The van der Waals surface area contributed by atoms with Gasteiger partial charge in [0.25, 0.3) is 5.91 Å². The van der Waals surface area contributed by atoms with Crippen molar-refractivity contribution in [3.8, 4) is 5.75 Å². The Morgan fingerprint density at radius 2 is 1.83 bits per heavy atom. The van der Waals surface area contributed by atoms with E-state index in [0.29, 0.717) is 17.0 Å². The van der Waals surface area contributed by atoms with Gasteiger partial charge in [-0.1, -0.05) is 18.2 Å². The molecule has 4 rings (SSSR count). The number of rotatable bonds is 1. The maximum absolute atomic E-state index is 13.1. The van der Waals surface area contributed by atoms with Gasteiger partial charge in [-0.3, -0.25) is 9.69 Å². The zero-order chi connectivity index (χ0) is 17.3. The van der Waals surface area contributed by atoms with Gasteiger partial charge in [0.05, 0.1) is 28.5 Å². The van der Waals surface area contributed by atoms with E-state index >= 15 is 0 Å². The Bertz CT molecular complexity index is 978. The van der Waals surface area contributed by atoms with Crippen molar-refractivity contribution >= 4 is 21.4 Å². The second-order valence-electron chi connectivity index (χ2n) is 6.61. The molecule has 5 nitrogen and oxygen atoms in total. The van der Waals surface area contributed by atoms with Gasteiger partial charge in [-0.2, -0.15) is 0 Å². The summed E-state index contributed by atoms with van der Waals surface area (Å²) in [5.41, 5.74) is 1.67. The van der Waals surface area contributed by atoms with Crippen LogP contribution in [-0.2, 0) is 9.84 Å². The zero-order valence-electron chi connectivity index (χ0n) is 13.6. The van der Waals surface area contributed by atoms with Gasteiger partial charge in [-0.05, 0) is 43.7 Å². The van der Waals surface area contributed by atoms with E-state index in [9.17, 15) is 13.2 Å². The minimum atomic E-state index is -3.58. The van der Waals surface area contributed by atoms with Crippen LogP contribution in [0.25, 0.3) is 0 Å². The molecule has 0 aromatic heterocycles. The molecule has 0 saturated heterocycles. The first-order chi connectivity index (χ1) is 11.3. The second kappa shape index (κ2) is 4.60.